The Labute approximate surface area is 222 Å². The Morgan fingerprint density at radius 3 is 2.54 bits per heavy atom. The van der Waals surface area contributed by atoms with Gasteiger partial charge in [0.1, 0.15) is 5.75 Å². The Hall–Kier alpha value is -3.41. The molecule has 4 aromatic rings. The van der Waals surface area contributed by atoms with Crippen LogP contribution >= 0.6 is 11.6 Å². The van der Waals surface area contributed by atoms with Crippen molar-refractivity contribution in [3.63, 3.8) is 0 Å². The van der Waals surface area contributed by atoms with Gasteiger partial charge in [0.05, 0.1) is 23.9 Å². The minimum Gasteiger partial charge on any atom is -0.497 e. The summed E-state index contributed by atoms with van der Waals surface area (Å²) in [5.74, 6) is 0.964. The highest BCUT2D eigenvalue weighted by Gasteiger charge is 2.32. The summed E-state index contributed by atoms with van der Waals surface area (Å²) in [5, 5.41) is 5.10. The van der Waals surface area contributed by atoms with Gasteiger partial charge in [0, 0.05) is 34.8 Å². The Bertz CT molecular complexity index is 1460. The zero-order chi connectivity index (χ0) is 25.4. The zero-order valence-electron chi connectivity index (χ0n) is 21.0. The molecule has 6 rings (SSSR count). The van der Waals surface area contributed by atoms with Crippen LogP contribution in [-0.4, -0.2) is 35.9 Å². The first kappa shape index (κ1) is 24.0. The van der Waals surface area contributed by atoms with E-state index < -0.39 is 0 Å². The molecule has 0 bridgehead atoms. The van der Waals surface area contributed by atoms with Crippen LogP contribution in [0.2, 0.25) is 5.02 Å². The molecule has 2 aliphatic rings. The highest BCUT2D eigenvalue weighted by molar-refractivity contribution is 6.31. The van der Waals surface area contributed by atoms with E-state index in [1.807, 2.05) is 24.3 Å². The lowest BCUT2D eigenvalue weighted by Gasteiger charge is -2.17. The van der Waals surface area contributed by atoms with Crippen LogP contribution in [-0.2, 0) is 6.54 Å². The van der Waals surface area contributed by atoms with Crippen LogP contribution in [0.4, 0.5) is 11.4 Å². The highest BCUT2D eigenvalue weighted by Crippen LogP contribution is 2.39. The number of Topliss-reactive ketones (excluding diaryl/α,β-unsaturated/α-hetero) is 1. The average Bonchev–Trinajstić information content (AvgIpc) is 3.65. The minimum absolute atomic E-state index is 0.100. The van der Waals surface area contributed by atoms with Crippen LogP contribution in [0.25, 0.3) is 22.0 Å². The third kappa shape index (κ3) is 5.20. The number of pyridine rings is 1. The van der Waals surface area contributed by atoms with Crippen LogP contribution < -0.4 is 10.1 Å². The first-order chi connectivity index (χ1) is 18.1. The van der Waals surface area contributed by atoms with Gasteiger partial charge in [0.15, 0.2) is 5.78 Å². The summed E-state index contributed by atoms with van der Waals surface area (Å²) in [4.78, 5) is 20.4. The fourth-order valence-electron chi connectivity index (χ4n) is 5.14. The van der Waals surface area contributed by atoms with Gasteiger partial charge in [-0.3, -0.25) is 14.7 Å². The van der Waals surface area contributed by atoms with Gasteiger partial charge < -0.3 is 10.1 Å². The number of fused-ring (bicyclic) bond motifs is 1. The number of halogens is 1. The fraction of sp³-hybridized carbons (Fsp3) is 0.290. The molecular formula is C31H30ClN3O2. The number of benzene rings is 3. The summed E-state index contributed by atoms with van der Waals surface area (Å²) >= 11 is 6.36. The number of anilines is 2. The van der Waals surface area contributed by atoms with Crippen molar-refractivity contribution in [2.24, 2.45) is 5.92 Å². The number of nitrogens with one attached hydrogen (secondary N) is 1. The zero-order valence-corrected chi connectivity index (χ0v) is 21.7. The summed E-state index contributed by atoms with van der Waals surface area (Å²) in [6.45, 7) is 3.34. The summed E-state index contributed by atoms with van der Waals surface area (Å²) in [7, 11) is 1.63. The predicted molar refractivity (Wildman–Crippen MR) is 150 cm³/mol. The Kier molecular flexibility index (Phi) is 6.58. The maximum absolute atomic E-state index is 13.3. The molecule has 0 amide bonds. The maximum Gasteiger partial charge on any atom is 0.169 e. The topological polar surface area (TPSA) is 54.5 Å². The Morgan fingerprint density at radius 2 is 1.81 bits per heavy atom. The number of carbonyl (C=O) groups is 1. The quantitative estimate of drug-likeness (QED) is 0.248. The van der Waals surface area contributed by atoms with Gasteiger partial charge in [-0.15, -0.1) is 0 Å². The Balaban J connectivity index is 1.39. The summed E-state index contributed by atoms with van der Waals surface area (Å²) < 4.78 is 5.43. The van der Waals surface area contributed by atoms with E-state index in [9.17, 15) is 4.79 Å². The van der Waals surface area contributed by atoms with Crippen LogP contribution in [0.5, 0.6) is 5.75 Å². The van der Waals surface area contributed by atoms with Gasteiger partial charge in [0.2, 0.25) is 0 Å². The van der Waals surface area contributed by atoms with E-state index in [2.05, 4.69) is 45.5 Å². The average molecular weight is 512 g/mol. The monoisotopic (exact) mass is 511 g/mol. The standard InChI is InChI=1S/C31H30ClN3O2/c1-37-26-15-23(14-24(32)17-26)22-8-11-29-27(16-22)30(28(18-33-29)31(36)21-6-7-21)34-25-9-4-20(5-10-25)19-35-12-2-3-13-35/h4-5,8-11,14-18,21H,2-3,6-7,12-13,19H2,1H3,(H,33,34). The van der Waals surface area contributed by atoms with Crippen LogP contribution in [0, 0.1) is 5.92 Å². The lowest BCUT2D eigenvalue weighted by atomic mass is 9.98. The number of hydrogen-bond donors (Lipinski definition) is 1. The molecule has 1 saturated carbocycles. The van der Waals surface area contributed by atoms with Crippen LogP contribution in [0.3, 0.4) is 0 Å². The normalized spacial score (nSPS) is 15.7. The first-order valence-corrected chi connectivity index (χ1v) is 13.4. The fourth-order valence-corrected chi connectivity index (χ4v) is 5.37. The second-order valence-electron chi connectivity index (χ2n) is 10.1. The van der Waals surface area contributed by atoms with Gasteiger partial charge >= 0.3 is 0 Å². The maximum atomic E-state index is 13.3. The van der Waals surface area contributed by atoms with Gasteiger partial charge in [0.25, 0.3) is 0 Å². The molecule has 2 fully saturated rings. The lowest BCUT2D eigenvalue weighted by Crippen LogP contribution is -2.18. The van der Waals surface area contributed by atoms with Gasteiger partial charge in [-0.25, -0.2) is 0 Å². The second-order valence-corrected chi connectivity index (χ2v) is 10.5. The Morgan fingerprint density at radius 1 is 1.03 bits per heavy atom. The van der Waals surface area contributed by atoms with Gasteiger partial charge in [-0.05, 0) is 97.9 Å². The molecule has 1 aliphatic heterocycles. The smallest absolute Gasteiger partial charge is 0.169 e. The molecule has 1 aromatic heterocycles. The van der Waals surface area contributed by atoms with Crippen LogP contribution in [0.1, 0.15) is 41.6 Å². The largest absolute Gasteiger partial charge is 0.497 e. The van der Waals surface area contributed by atoms with Crippen molar-refractivity contribution in [1.29, 1.82) is 0 Å². The van der Waals surface area contributed by atoms with E-state index in [4.69, 9.17) is 16.3 Å². The van der Waals surface area contributed by atoms with Crippen molar-refractivity contribution in [3.05, 3.63) is 83.0 Å². The molecule has 5 nitrogen and oxygen atoms in total. The number of aromatic nitrogens is 1. The number of hydrogen-bond acceptors (Lipinski definition) is 5. The van der Waals surface area contributed by atoms with E-state index in [0.717, 1.165) is 52.8 Å². The summed E-state index contributed by atoms with van der Waals surface area (Å²) in [6, 6.07) is 20.3. The molecule has 37 heavy (non-hydrogen) atoms. The number of ether oxygens (including phenoxy) is 1. The predicted octanol–water partition coefficient (Wildman–Crippen LogP) is 7.50. The molecule has 0 atom stereocenters. The minimum atomic E-state index is 0.100. The SMILES string of the molecule is COc1cc(Cl)cc(-c2ccc3ncc(C(=O)C4CC4)c(Nc4ccc(CN5CCCC5)cc4)c3c2)c1. The molecule has 0 unspecified atom stereocenters. The molecule has 1 aliphatic carbocycles. The molecule has 1 N–H and O–H groups in total. The van der Waals surface area contributed by atoms with E-state index in [-0.39, 0.29) is 11.7 Å². The third-order valence-electron chi connectivity index (χ3n) is 7.35. The molecule has 2 heterocycles. The summed E-state index contributed by atoms with van der Waals surface area (Å²) in [5.41, 5.74) is 6.48. The van der Waals surface area contributed by atoms with E-state index >= 15 is 0 Å². The van der Waals surface area contributed by atoms with Crippen molar-refractivity contribution in [1.82, 2.24) is 9.88 Å². The van der Waals surface area contributed by atoms with Crippen molar-refractivity contribution in [2.75, 3.05) is 25.5 Å². The van der Waals surface area contributed by atoms with E-state index in [1.165, 1.54) is 31.5 Å². The molecule has 3 aromatic carbocycles. The molecule has 0 radical (unpaired) electrons. The van der Waals surface area contributed by atoms with Gasteiger partial charge in [-0.2, -0.15) is 0 Å². The van der Waals surface area contributed by atoms with Crippen molar-refractivity contribution < 1.29 is 9.53 Å². The van der Waals surface area contributed by atoms with Crippen molar-refractivity contribution in [2.45, 2.75) is 32.2 Å². The number of carbonyl (C=O) groups excluding carboxylic acids is 1. The number of methoxy groups -OCH3 is 1. The molecule has 0 spiro atoms. The summed E-state index contributed by atoms with van der Waals surface area (Å²) in [6.07, 6.45) is 6.20. The first-order valence-electron chi connectivity index (χ1n) is 13.0. The number of ketones is 1. The number of rotatable bonds is 8. The lowest BCUT2D eigenvalue weighted by molar-refractivity contribution is 0.0968. The van der Waals surface area contributed by atoms with E-state index in [0.29, 0.717) is 16.3 Å². The van der Waals surface area contributed by atoms with Gasteiger partial charge in [-0.1, -0.05) is 29.8 Å². The van der Waals surface area contributed by atoms with Crippen LogP contribution in [0.15, 0.2) is 66.9 Å². The molecular weight excluding hydrogens is 482 g/mol. The molecule has 188 valence electrons. The number of nitrogens with zero attached hydrogens (tertiary/aromatic N) is 2. The van der Waals surface area contributed by atoms with E-state index in [1.54, 1.807) is 19.4 Å². The second kappa shape index (κ2) is 10.2. The third-order valence-corrected chi connectivity index (χ3v) is 7.57. The number of likely N-dealkylation sites (tertiary alicyclic amines) is 1. The molecule has 1 saturated heterocycles. The van der Waals surface area contributed by atoms with Crippen molar-refractivity contribution >= 4 is 39.7 Å². The highest BCUT2D eigenvalue weighted by atomic mass is 35.5. The molecule has 6 heteroatoms. The van der Waals surface area contributed by atoms with Crippen molar-refractivity contribution in [3.8, 4) is 16.9 Å².